The lowest BCUT2D eigenvalue weighted by molar-refractivity contribution is -0.144. The molecule has 1 saturated heterocycles. The highest BCUT2D eigenvalue weighted by Gasteiger charge is 2.58. The number of primary amides is 1. The molecule has 4 aliphatic carbocycles. The number of carbonyl (C=O) groups is 1. The monoisotopic (exact) mass is 518 g/mol. The molecule has 3 atom stereocenters. The third-order valence-corrected chi connectivity index (χ3v) is 9.12. The summed E-state index contributed by atoms with van der Waals surface area (Å²) >= 11 is 0. The third-order valence-electron chi connectivity index (χ3n) is 9.12. The van der Waals surface area contributed by atoms with Gasteiger partial charge in [0, 0.05) is 39.2 Å². The van der Waals surface area contributed by atoms with Crippen molar-refractivity contribution in [1.82, 2.24) is 9.88 Å². The maximum atomic E-state index is 12.9. The van der Waals surface area contributed by atoms with Crippen LogP contribution in [0.4, 0.5) is 19.0 Å². The Morgan fingerprint density at radius 2 is 1.86 bits per heavy atom. The summed E-state index contributed by atoms with van der Waals surface area (Å²) in [5.74, 6) is 0.0313. The number of piperazine rings is 1. The molecule has 4 N–H and O–H groups in total. The van der Waals surface area contributed by atoms with E-state index in [0.717, 1.165) is 12.3 Å². The van der Waals surface area contributed by atoms with E-state index in [-0.39, 0.29) is 30.2 Å². The quantitative estimate of drug-likeness (QED) is 0.441. The molecule has 37 heavy (non-hydrogen) atoms. The molecule has 0 aromatic carbocycles. The number of rotatable bonds is 6. The molecular formula is C26H34F3N7O. The van der Waals surface area contributed by atoms with E-state index in [0.29, 0.717) is 69.9 Å². The van der Waals surface area contributed by atoms with Gasteiger partial charge in [0.2, 0.25) is 5.91 Å². The maximum absolute atomic E-state index is 12.9. The molecule has 1 aromatic rings. The average molecular weight is 519 g/mol. The van der Waals surface area contributed by atoms with Gasteiger partial charge in [-0.2, -0.15) is 18.4 Å². The first-order chi connectivity index (χ1) is 17.8. The number of aliphatic imine (C=N–C) groups is 1. The van der Waals surface area contributed by atoms with Crippen molar-refractivity contribution in [2.75, 3.05) is 31.1 Å². The first-order valence-corrected chi connectivity index (χ1v) is 12.8. The molecule has 0 radical (unpaired) electrons. The minimum atomic E-state index is -4.43. The number of anilines is 1. The SMILES string of the molecule is [2H]C12CC3CC(C(N)=O)(CC(C1)C3N=C(N)C(C)(CC#N)N1CCN(c3ccc(C(F)(F)F)cn3)CC1)C2. The van der Waals surface area contributed by atoms with Gasteiger partial charge in [0.15, 0.2) is 0 Å². The van der Waals surface area contributed by atoms with Gasteiger partial charge in [-0.05, 0) is 68.9 Å². The van der Waals surface area contributed by atoms with Crippen molar-refractivity contribution >= 4 is 17.6 Å². The van der Waals surface area contributed by atoms with Crippen LogP contribution in [0.5, 0.6) is 0 Å². The van der Waals surface area contributed by atoms with Crippen molar-refractivity contribution in [3.63, 3.8) is 0 Å². The maximum Gasteiger partial charge on any atom is 0.417 e. The lowest BCUT2D eigenvalue weighted by atomic mass is 9.48. The van der Waals surface area contributed by atoms with Crippen LogP contribution in [0.25, 0.3) is 0 Å². The fourth-order valence-corrected chi connectivity index (χ4v) is 7.18. The molecule has 2 heterocycles. The third kappa shape index (κ3) is 4.54. The molecule has 3 unspecified atom stereocenters. The molecule has 11 heteroatoms. The summed E-state index contributed by atoms with van der Waals surface area (Å²) in [5, 5.41) is 9.66. The number of amides is 1. The van der Waals surface area contributed by atoms with Crippen molar-refractivity contribution in [3.8, 4) is 6.07 Å². The van der Waals surface area contributed by atoms with Crippen LogP contribution in [-0.2, 0) is 11.0 Å². The number of nitrogens with zero attached hydrogens (tertiary/aromatic N) is 5. The Hall–Kier alpha value is -2.87. The van der Waals surface area contributed by atoms with Crippen LogP contribution < -0.4 is 16.4 Å². The van der Waals surface area contributed by atoms with Crippen LogP contribution in [0.1, 0.15) is 52.4 Å². The van der Waals surface area contributed by atoms with Gasteiger partial charge in [-0.15, -0.1) is 0 Å². The van der Waals surface area contributed by atoms with E-state index in [1.54, 1.807) is 0 Å². The highest BCUT2D eigenvalue weighted by atomic mass is 19.4. The first kappa shape index (κ1) is 24.5. The van der Waals surface area contributed by atoms with E-state index in [9.17, 15) is 23.2 Å². The second-order valence-corrected chi connectivity index (χ2v) is 11.4. The second kappa shape index (κ2) is 9.15. The van der Waals surface area contributed by atoms with Crippen molar-refractivity contribution in [1.29, 1.82) is 5.26 Å². The molecule has 4 saturated carbocycles. The fourth-order valence-electron chi connectivity index (χ4n) is 7.18. The van der Waals surface area contributed by atoms with Gasteiger partial charge in [0.05, 0.1) is 29.6 Å². The molecule has 1 aliphatic heterocycles. The van der Waals surface area contributed by atoms with E-state index >= 15 is 0 Å². The lowest BCUT2D eigenvalue weighted by Gasteiger charge is -2.58. The summed E-state index contributed by atoms with van der Waals surface area (Å²) in [7, 11) is 0. The van der Waals surface area contributed by atoms with Gasteiger partial charge in [0.25, 0.3) is 0 Å². The summed E-state index contributed by atoms with van der Waals surface area (Å²) in [6.07, 6.45) is -0.306. The zero-order valence-electron chi connectivity index (χ0n) is 22.0. The van der Waals surface area contributed by atoms with Crippen LogP contribution in [0, 0.1) is 34.5 Å². The highest BCUT2D eigenvalue weighted by molar-refractivity contribution is 5.90. The van der Waals surface area contributed by atoms with Crippen LogP contribution in [0.2, 0.25) is 0 Å². The lowest BCUT2D eigenvalue weighted by Crippen LogP contribution is -2.62. The summed E-state index contributed by atoms with van der Waals surface area (Å²) in [6, 6.07) is 4.57. The normalized spacial score (nSPS) is 36.1. The van der Waals surface area contributed by atoms with Gasteiger partial charge < -0.3 is 16.4 Å². The van der Waals surface area contributed by atoms with Gasteiger partial charge in [0.1, 0.15) is 11.7 Å². The number of nitrogens with two attached hydrogens (primary N) is 2. The number of hydrogen-bond acceptors (Lipinski definition) is 6. The first-order valence-electron chi connectivity index (χ1n) is 13.3. The Morgan fingerprint density at radius 1 is 1.22 bits per heavy atom. The van der Waals surface area contributed by atoms with Gasteiger partial charge >= 0.3 is 6.18 Å². The summed E-state index contributed by atoms with van der Waals surface area (Å²) < 4.78 is 47.5. The summed E-state index contributed by atoms with van der Waals surface area (Å²) in [4.78, 5) is 25.4. The second-order valence-electron chi connectivity index (χ2n) is 11.4. The van der Waals surface area contributed by atoms with Crippen molar-refractivity contribution in [2.45, 2.75) is 63.2 Å². The zero-order chi connectivity index (χ0) is 27.5. The summed E-state index contributed by atoms with van der Waals surface area (Å²) in [6.45, 7) is 4.02. The van der Waals surface area contributed by atoms with Crippen molar-refractivity contribution in [3.05, 3.63) is 23.9 Å². The number of alkyl halides is 3. The Labute approximate surface area is 216 Å². The topological polar surface area (TPSA) is 125 Å². The number of carbonyl (C=O) groups excluding carboxylic acids is 1. The predicted molar refractivity (Wildman–Crippen MR) is 132 cm³/mol. The Balaban J connectivity index is 1.31. The molecule has 0 spiro atoms. The highest BCUT2D eigenvalue weighted by Crippen LogP contribution is 2.60. The smallest absolute Gasteiger partial charge is 0.386 e. The predicted octanol–water partition coefficient (Wildman–Crippen LogP) is 2.93. The average Bonchev–Trinajstić information content (AvgIpc) is 2.85. The van der Waals surface area contributed by atoms with Gasteiger partial charge in [-0.1, -0.05) is 0 Å². The molecule has 1 aromatic heterocycles. The number of pyridine rings is 1. The summed E-state index contributed by atoms with van der Waals surface area (Å²) in [5.41, 5.74) is 10.2. The molecule has 1 amide bonds. The van der Waals surface area contributed by atoms with E-state index in [1.807, 2.05) is 11.8 Å². The van der Waals surface area contributed by atoms with Crippen LogP contribution in [0.3, 0.4) is 0 Å². The number of amidine groups is 1. The standard InChI is InChI=1S/C26H34F3N7O/c1-24(4-5-30,36-8-6-35(7-9-36)20-3-2-19(15-33-20)26(27,28)29)22(31)34-21-17-10-16-11-18(21)14-25(12-16,13-17)23(32)37/h2-3,15-18,21H,4,6-14H2,1H3,(H2,31,34)(H2,32,37)/i16D. The number of hydrogen-bond donors (Lipinski definition) is 2. The minimum Gasteiger partial charge on any atom is -0.386 e. The Kier molecular flexibility index (Phi) is 6.05. The molecule has 6 rings (SSSR count). The molecular weight excluding hydrogens is 483 g/mol. The van der Waals surface area contributed by atoms with E-state index < -0.39 is 28.6 Å². The van der Waals surface area contributed by atoms with Crippen molar-refractivity contribution in [2.24, 2.45) is 39.6 Å². The van der Waals surface area contributed by atoms with Crippen molar-refractivity contribution < 1.29 is 19.3 Å². The number of nitriles is 1. The minimum absolute atomic E-state index is 0.0636. The van der Waals surface area contributed by atoms with E-state index in [2.05, 4.69) is 16.0 Å². The largest absolute Gasteiger partial charge is 0.417 e. The molecule has 200 valence electrons. The molecule has 5 aliphatic rings. The van der Waals surface area contributed by atoms with Crippen LogP contribution >= 0.6 is 0 Å². The number of halogens is 3. The van der Waals surface area contributed by atoms with Gasteiger partial charge in [-0.3, -0.25) is 14.7 Å². The van der Waals surface area contributed by atoms with Gasteiger partial charge in [-0.25, -0.2) is 4.98 Å². The van der Waals surface area contributed by atoms with E-state index in [1.165, 1.54) is 6.07 Å². The number of aromatic nitrogens is 1. The zero-order valence-corrected chi connectivity index (χ0v) is 21.0. The Bertz CT molecular complexity index is 1140. The van der Waals surface area contributed by atoms with Crippen LogP contribution in [0.15, 0.2) is 23.3 Å². The molecule has 8 nitrogen and oxygen atoms in total. The van der Waals surface area contributed by atoms with Crippen LogP contribution in [-0.4, -0.2) is 59.4 Å². The molecule has 5 fully saturated rings. The van der Waals surface area contributed by atoms with E-state index in [4.69, 9.17) is 17.8 Å². The molecule has 4 bridgehead atoms. The Morgan fingerprint density at radius 3 is 2.38 bits per heavy atom. The fraction of sp³-hybridized carbons (Fsp3) is 0.692.